The molecule has 114 valence electrons. The largest absolute Gasteiger partial charge is 0.506 e. The normalized spacial score (nSPS) is 11.2. The van der Waals surface area contributed by atoms with Gasteiger partial charge in [0, 0.05) is 18.7 Å². The molecule has 1 heterocycles. The van der Waals surface area contributed by atoms with Crippen LogP contribution in [-0.2, 0) is 13.5 Å². The predicted octanol–water partition coefficient (Wildman–Crippen LogP) is 4.72. The molecule has 0 fully saturated rings. The summed E-state index contributed by atoms with van der Waals surface area (Å²) in [7, 11) is 1.49. The van der Waals surface area contributed by atoms with Crippen LogP contribution < -0.4 is 4.74 Å². The van der Waals surface area contributed by atoms with Gasteiger partial charge in [-0.1, -0.05) is 30.1 Å². The Kier molecular flexibility index (Phi) is 4.58. The van der Waals surface area contributed by atoms with Crippen molar-refractivity contribution < 1.29 is 18.6 Å². The lowest BCUT2D eigenvalue weighted by atomic mass is 10.2. The SMILES string of the molecule is CCc1c(C(F)F)nn(C)c1Oc1cc(O)c(Cl)cc1Cl. The fourth-order valence-corrected chi connectivity index (χ4v) is 2.33. The molecule has 8 heteroatoms. The average Bonchev–Trinajstić information content (AvgIpc) is 2.73. The molecule has 0 aliphatic heterocycles. The highest BCUT2D eigenvalue weighted by Crippen LogP contribution is 2.39. The first-order chi connectivity index (χ1) is 9.85. The van der Waals surface area contributed by atoms with E-state index < -0.39 is 6.43 Å². The number of phenols is 1. The third kappa shape index (κ3) is 3.06. The molecule has 0 unspecified atom stereocenters. The number of alkyl halides is 2. The van der Waals surface area contributed by atoms with Crippen molar-refractivity contribution in [1.29, 1.82) is 0 Å². The fourth-order valence-electron chi connectivity index (χ4n) is 1.91. The number of hydrogen-bond acceptors (Lipinski definition) is 3. The Morgan fingerprint density at radius 3 is 2.57 bits per heavy atom. The topological polar surface area (TPSA) is 47.3 Å². The molecule has 0 spiro atoms. The standard InChI is InChI=1S/C13H12Cl2F2N2O2/c1-3-6-11(12(16)17)18-19(2)13(6)21-10-5-9(20)7(14)4-8(10)15/h4-5,12,20H,3H2,1-2H3. The number of benzene rings is 1. The lowest BCUT2D eigenvalue weighted by Gasteiger charge is -2.10. The number of halogens is 4. The van der Waals surface area contributed by atoms with Gasteiger partial charge in [-0.25, -0.2) is 13.5 Å². The van der Waals surface area contributed by atoms with E-state index in [4.69, 9.17) is 27.9 Å². The highest BCUT2D eigenvalue weighted by molar-refractivity contribution is 6.36. The fraction of sp³-hybridized carbons (Fsp3) is 0.308. The summed E-state index contributed by atoms with van der Waals surface area (Å²) in [6, 6.07) is 2.53. The first kappa shape index (κ1) is 15.9. The number of nitrogens with zero attached hydrogens (tertiary/aromatic N) is 2. The van der Waals surface area contributed by atoms with Crippen molar-refractivity contribution in [1.82, 2.24) is 9.78 Å². The molecule has 0 amide bonds. The second kappa shape index (κ2) is 6.07. The monoisotopic (exact) mass is 336 g/mol. The zero-order valence-electron chi connectivity index (χ0n) is 11.2. The Morgan fingerprint density at radius 2 is 2.00 bits per heavy atom. The van der Waals surface area contributed by atoms with Crippen LogP contribution in [0.3, 0.4) is 0 Å². The summed E-state index contributed by atoms with van der Waals surface area (Å²) >= 11 is 11.7. The van der Waals surface area contributed by atoms with E-state index in [0.717, 1.165) is 0 Å². The molecule has 0 saturated heterocycles. The number of rotatable bonds is 4. The van der Waals surface area contributed by atoms with Crippen molar-refractivity contribution in [3.63, 3.8) is 0 Å². The summed E-state index contributed by atoms with van der Waals surface area (Å²) < 4.78 is 32.6. The Bertz CT molecular complexity index is 675. The minimum atomic E-state index is -2.70. The number of ether oxygens (including phenoxy) is 1. The summed E-state index contributed by atoms with van der Waals surface area (Å²) in [6.07, 6.45) is -2.38. The summed E-state index contributed by atoms with van der Waals surface area (Å²) in [4.78, 5) is 0. The Labute approximate surface area is 129 Å². The summed E-state index contributed by atoms with van der Waals surface area (Å²) in [5.74, 6) is 0.0406. The van der Waals surface area contributed by atoms with E-state index in [0.29, 0.717) is 6.42 Å². The molecule has 2 rings (SSSR count). The van der Waals surface area contributed by atoms with E-state index in [1.54, 1.807) is 6.92 Å². The summed E-state index contributed by atoms with van der Waals surface area (Å²) in [6.45, 7) is 1.72. The quantitative estimate of drug-likeness (QED) is 0.878. The first-order valence-electron chi connectivity index (χ1n) is 6.04. The van der Waals surface area contributed by atoms with Crippen LogP contribution in [0.5, 0.6) is 17.4 Å². The molecule has 0 aliphatic carbocycles. The van der Waals surface area contributed by atoms with Gasteiger partial charge in [0.1, 0.15) is 11.4 Å². The van der Waals surface area contributed by atoms with Crippen LogP contribution in [0.25, 0.3) is 0 Å². The van der Waals surface area contributed by atoms with E-state index in [1.807, 2.05) is 0 Å². The Balaban J connectivity index is 2.47. The maximum atomic E-state index is 12.9. The lowest BCUT2D eigenvalue weighted by molar-refractivity contribution is 0.144. The van der Waals surface area contributed by atoms with Gasteiger partial charge >= 0.3 is 0 Å². The van der Waals surface area contributed by atoms with Crippen molar-refractivity contribution in [3.05, 3.63) is 33.4 Å². The van der Waals surface area contributed by atoms with Gasteiger partial charge in [0.15, 0.2) is 5.75 Å². The number of aromatic hydroxyl groups is 1. The van der Waals surface area contributed by atoms with Crippen LogP contribution in [0.4, 0.5) is 8.78 Å². The van der Waals surface area contributed by atoms with Crippen LogP contribution in [0.1, 0.15) is 24.6 Å². The molecule has 1 aromatic heterocycles. The summed E-state index contributed by atoms with van der Waals surface area (Å²) in [5, 5.41) is 13.6. The molecule has 0 radical (unpaired) electrons. The van der Waals surface area contributed by atoms with Gasteiger partial charge in [-0.15, -0.1) is 0 Å². The zero-order valence-corrected chi connectivity index (χ0v) is 12.7. The lowest BCUT2D eigenvalue weighted by Crippen LogP contribution is -1.97. The third-order valence-electron chi connectivity index (χ3n) is 2.89. The molecule has 0 bridgehead atoms. The first-order valence-corrected chi connectivity index (χ1v) is 6.80. The van der Waals surface area contributed by atoms with Gasteiger partial charge in [-0.3, -0.25) is 0 Å². The second-order valence-corrected chi connectivity index (χ2v) is 5.10. The Morgan fingerprint density at radius 1 is 1.33 bits per heavy atom. The molecule has 2 aromatic rings. The maximum Gasteiger partial charge on any atom is 0.282 e. The second-order valence-electron chi connectivity index (χ2n) is 4.28. The van der Waals surface area contributed by atoms with Gasteiger partial charge in [-0.2, -0.15) is 5.10 Å². The molecule has 0 saturated carbocycles. The molecular formula is C13H12Cl2F2N2O2. The van der Waals surface area contributed by atoms with Gasteiger partial charge in [0.05, 0.1) is 10.0 Å². The minimum Gasteiger partial charge on any atom is -0.506 e. The number of hydrogen-bond donors (Lipinski definition) is 1. The minimum absolute atomic E-state index is 0.0707. The molecular weight excluding hydrogens is 325 g/mol. The van der Waals surface area contributed by atoms with Crippen molar-refractivity contribution in [2.75, 3.05) is 0 Å². The molecule has 4 nitrogen and oxygen atoms in total. The van der Waals surface area contributed by atoms with E-state index >= 15 is 0 Å². The molecule has 0 atom stereocenters. The third-order valence-corrected chi connectivity index (χ3v) is 3.49. The van der Waals surface area contributed by atoms with Gasteiger partial charge in [0.25, 0.3) is 6.43 Å². The van der Waals surface area contributed by atoms with Crippen molar-refractivity contribution in [2.45, 2.75) is 19.8 Å². The zero-order chi connectivity index (χ0) is 15.7. The number of aryl methyl sites for hydroxylation is 1. The molecule has 0 aliphatic rings. The molecule has 1 aromatic carbocycles. The summed E-state index contributed by atoms with van der Waals surface area (Å²) in [5.41, 5.74) is -0.0395. The van der Waals surface area contributed by atoms with Crippen molar-refractivity contribution in [3.8, 4) is 17.4 Å². The van der Waals surface area contributed by atoms with Gasteiger partial charge in [0.2, 0.25) is 5.88 Å². The number of phenolic OH excluding ortho intramolecular Hbond substituents is 1. The average molecular weight is 337 g/mol. The predicted molar refractivity (Wildman–Crippen MR) is 75.7 cm³/mol. The molecule has 1 N–H and O–H groups in total. The van der Waals surface area contributed by atoms with E-state index in [-0.39, 0.29) is 38.7 Å². The van der Waals surface area contributed by atoms with Crippen LogP contribution in [0.2, 0.25) is 10.0 Å². The maximum absolute atomic E-state index is 12.9. The smallest absolute Gasteiger partial charge is 0.282 e. The molecule has 21 heavy (non-hydrogen) atoms. The van der Waals surface area contributed by atoms with E-state index in [9.17, 15) is 13.9 Å². The van der Waals surface area contributed by atoms with Gasteiger partial charge < -0.3 is 9.84 Å². The highest BCUT2D eigenvalue weighted by Gasteiger charge is 2.24. The van der Waals surface area contributed by atoms with E-state index in [1.165, 1.54) is 23.9 Å². The number of aromatic nitrogens is 2. The van der Waals surface area contributed by atoms with E-state index in [2.05, 4.69) is 5.10 Å². The van der Waals surface area contributed by atoms with Crippen LogP contribution in [0, 0.1) is 0 Å². The van der Waals surface area contributed by atoms with Gasteiger partial charge in [-0.05, 0) is 12.5 Å². The highest BCUT2D eigenvalue weighted by atomic mass is 35.5. The Hall–Kier alpha value is -1.53. The van der Waals surface area contributed by atoms with Crippen molar-refractivity contribution in [2.24, 2.45) is 7.05 Å². The van der Waals surface area contributed by atoms with Crippen LogP contribution in [0.15, 0.2) is 12.1 Å². The van der Waals surface area contributed by atoms with Crippen molar-refractivity contribution >= 4 is 23.2 Å². The van der Waals surface area contributed by atoms with Crippen LogP contribution >= 0.6 is 23.2 Å². The van der Waals surface area contributed by atoms with Crippen LogP contribution in [-0.4, -0.2) is 14.9 Å².